The highest BCUT2D eigenvalue weighted by Gasteiger charge is 2.48. The Labute approximate surface area is 220 Å². The van der Waals surface area contributed by atoms with E-state index in [2.05, 4.69) is 21.3 Å². The Hall–Kier alpha value is -2.61. The first-order valence-corrected chi connectivity index (χ1v) is 13.2. The minimum atomic E-state index is -5.08. The van der Waals surface area contributed by atoms with Crippen LogP contribution in [0.2, 0.25) is 0 Å². The van der Waals surface area contributed by atoms with E-state index in [9.17, 15) is 43.5 Å². The van der Waals surface area contributed by atoms with Gasteiger partial charge in [-0.2, -0.15) is 8.42 Å². The molecule has 17 heteroatoms. The van der Waals surface area contributed by atoms with Crippen LogP contribution in [0.1, 0.15) is 18.4 Å². The molecule has 0 spiro atoms. The first-order chi connectivity index (χ1) is 17.8. The molecule has 0 aromatic heterocycles. The summed E-state index contributed by atoms with van der Waals surface area (Å²) in [5.41, 5.74) is -3.15. The van der Waals surface area contributed by atoms with Gasteiger partial charge in [-0.3, -0.25) is 14.1 Å². The lowest BCUT2D eigenvalue weighted by Gasteiger charge is -2.39. The maximum Gasteiger partial charge on any atom is 0.466 e. The molecule has 7 atom stereocenters. The number of hydrogen-bond acceptors (Lipinski definition) is 14. The van der Waals surface area contributed by atoms with Crippen LogP contribution in [0, 0.1) is 0 Å². The van der Waals surface area contributed by atoms with Gasteiger partial charge in [-0.25, -0.2) is 4.28 Å². The number of anilines is 1. The average molecular weight is 579 g/mol. The van der Waals surface area contributed by atoms with E-state index in [0.29, 0.717) is 17.4 Å². The van der Waals surface area contributed by atoms with E-state index < -0.39 is 83.3 Å². The Bertz CT molecular complexity index is 1190. The highest BCUT2D eigenvalue weighted by atomic mass is 32.3. The second-order valence-electron chi connectivity index (χ2n) is 8.31. The van der Waals surface area contributed by atoms with Gasteiger partial charge < -0.3 is 40.3 Å². The van der Waals surface area contributed by atoms with Gasteiger partial charge in [-0.1, -0.05) is 47.8 Å². The van der Waals surface area contributed by atoms with Gasteiger partial charge in [-0.15, -0.1) is 0 Å². The van der Waals surface area contributed by atoms with Gasteiger partial charge in [0.1, 0.15) is 41.0 Å². The summed E-state index contributed by atoms with van der Waals surface area (Å²) in [4.78, 5) is 25.0. The third-order valence-corrected chi connectivity index (χ3v) is 7.05. The number of carbonyl (C=O) groups is 2. The molecule has 0 aliphatic carbocycles. The maximum absolute atomic E-state index is 12.7. The Morgan fingerprint density at radius 2 is 1.95 bits per heavy atom. The fourth-order valence-corrected chi connectivity index (χ4v) is 5.07. The number of benzene rings is 1. The third-order valence-electron chi connectivity index (χ3n) is 5.65. The number of ether oxygens (including phenoxy) is 2. The molecular weight excluding hydrogens is 552 g/mol. The van der Waals surface area contributed by atoms with Crippen molar-refractivity contribution in [3.8, 4) is 0 Å². The molecule has 3 rings (SSSR count). The number of carbonyl (C=O) groups excluding carboxylic acids is 2. The van der Waals surface area contributed by atoms with Gasteiger partial charge in [-0.05, 0) is 6.07 Å². The molecule has 0 bridgehead atoms. The minimum Gasteiger partial charge on any atom is -0.458 e. The smallest absolute Gasteiger partial charge is 0.458 e. The molecule has 2 heterocycles. The molecule has 1 aromatic rings. The molecule has 7 N–H and O–H groups in total. The summed E-state index contributed by atoms with van der Waals surface area (Å²) < 4.78 is 45.6. The summed E-state index contributed by atoms with van der Waals surface area (Å²) in [7, 11) is -5.08. The van der Waals surface area contributed by atoms with Gasteiger partial charge in [0.2, 0.25) is 0 Å². The summed E-state index contributed by atoms with van der Waals surface area (Å²) in [6, 6.07) is 6.19. The molecule has 38 heavy (non-hydrogen) atoms. The van der Waals surface area contributed by atoms with Crippen molar-refractivity contribution in [1.29, 1.82) is 0 Å². The van der Waals surface area contributed by atoms with Crippen molar-refractivity contribution < 1.29 is 61.8 Å². The Morgan fingerprint density at radius 3 is 2.58 bits per heavy atom. The first kappa shape index (κ1) is 29.9. The van der Waals surface area contributed by atoms with Crippen molar-refractivity contribution in [3.05, 3.63) is 42.5 Å². The van der Waals surface area contributed by atoms with Crippen molar-refractivity contribution in [2.24, 2.45) is 5.16 Å². The Kier molecular flexibility index (Phi) is 9.50. The van der Waals surface area contributed by atoms with Gasteiger partial charge in [0, 0.05) is 17.7 Å². The van der Waals surface area contributed by atoms with E-state index in [1.807, 2.05) is 0 Å². The lowest BCUT2D eigenvalue weighted by Crippen LogP contribution is -2.57. The van der Waals surface area contributed by atoms with Crippen molar-refractivity contribution in [2.45, 2.75) is 54.4 Å². The maximum atomic E-state index is 12.7. The third kappa shape index (κ3) is 6.87. The summed E-state index contributed by atoms with van der Waals surface area (Å²) in [5, 5.41) is 55.8. The normalized spacial score (nSPS) is 30.2. The second-order valence-corrected chi connectivity index (χ2v) is 10.5. The molecule has 1 aromatic carbocycles. The number of aliphatic hydroxyl groups is 5. The largest absolute Gasteiger partial charge is 0.466 e. The summed E-state index contributed by atoms with van der Waals surface area (Å²) >= 11 is 0.476. The number of oxime groups is 1. The molecule has 210 valence electrons. The van der Waals surface area contributed by atoms with Crippen LogP contribution in [0.5, 0.6) is 0 Å². The highest BCUT2D eigenvalue weighted by molar-refractivity contribution is 8.14. The number of nitrogens with one attached hydrogen (secondary N) is 1. The topological polar surface area (TPSA) is 242 Å². The summed E-state index contributed by atoms with van der Waals surface area (Å²) in [6.45, 7) is 2.77. The zero-order chi connectivity index (χ0) is 28.3. The quantitative estimate of drug-likeness (QED) is 0.0412. The minimum absolute atomic E-state index is 0.166. The highest BCUT2D eigenvalue weighted by Crippen LogP contribution is 2.38. The van der Waals surface area contributed by atoms with Gasteiger partial charge in [0.05, 0.1) is 13.0 Å². The van der Waals surface area contributed by atoms with Crippen molar-refractivity contribution in [3.63, 3.8) is 0 Å². The van der Waals surface area contributed by atoms with E-state index >= 15 is 0 Å². The molecule has 2 aliphatic rings. The van der Waals surface area contributed by atoms with E-state index in [1.54, 1.807) is 12.1 Å². The van der Waals surface area contributed by atoms with Crippen LogP contribution in [-0.4, -0.2) is 98.0 Å². The van der Waals surface area contributed by atoms with Crippen molar-refractivity contribution in [2.75, 3.05) is 11.9 Å². The lowest BCUT2D eigenvalue weighted by molar-refractivity contribution is -0.205. The van der Waals surface area contributed by atoms with Crippen LogP contribution in [0.4, 0.5) is 5.69 Å². The molecule has 1 amide bonds. The molecule has 1 fully saturated rings. The number of fused-ring (bicyclic) bond motifs is 1. The molecule has 15 nitrogen and oxygen atoms in total. The van der Waals surface area contributed by atoms with Crippen molar-refractivity contribution >= 4 is 44.8 Å². The van der Waals surface area contributed by atoms with Crippen LogP contribution < -0.4 is 5.32 Å². The second kappa shape index (κ2) is 12.1. The van der Waals surface area contributed by atoms with Crippen LogP contribution in [0.15, 0.2) is 42.1 Å². The fraction of sp³-hybridized carbons (Fsp3) is 0.476. The Balaban J connectivity index is 1.74. The van der Waals surface area contributed by atoms with E-state index in [4.69, 9.17) is 14.0 Å². The predicted octanol–water partition coefficient (Wildman–Crippen LogP) is -1.63. The fourth-order valence-electron chi connectivity index (χ4n) is 3.74. The number of amides is 1. The van der Waals surface area contributed by atoms with Crippen LogP contribution in [0.25, 0.3) is 0 Å². The molecule has 0 saturated carbocycles. The number of thioether (sulfide) groups is 1. The summed E-state index contributed by atoms with van der Waals surface area (Å²) in [6.07, 6.45) is -7.84. The zero-order valence-corrected chi connectivity index (χ0v) is 21.1. The average Bonchev–Trinajstić information content (AvgIpc) is 3.10. The first-order valence-electron chi connectivity index (χ1n) is 10.9. The molecule has 7 unspecified atom stereocenters. The molecular formula is C21H26N2O13S2. The van der Waals surface area contributed by atoms with Crippen LogP contribution >= 0.6 is 11.8 Å². The molecule has 2 aliphatic heterocycles. The van der Waals surface area contributed by atoms with E-state index in [-0.39, 0.29) is 10.6 Å². The lowest BCUT2D eigenvalue weighted by atomic mass is 9.92. The van der Waals surface area contributed by atoms with E-state index in [1.165, 1.54) is 12.1 Å². The van der Waals surface area contributed by atoms with Gasteiger partial charge in [0.15, 0.2) is 5.60 Å². The van der Waals surface area contributed by atoms with Crippen LogP contribution in [-0.2, 0) is 39.3 Å². The number of rotatable bonds is 10. The monoisotopic (exact) mass is 578 g/mol. The standard InChI is InChI=1S/C21H26N2O13S2/c1-2-10(34-15(25)8-21(30)11-5-3-4-6-12(11)22-20(21)29)7-14(23-36-38(31,32)33)37-19-18(28)17(27)16(26)13(9-24)35-19/h2-6,10,13,16-19,24,26-28,30H,1,7-9H2,(H,22,29)(H,31,32,33)/b23-14-. The number of nitrogens with zero attached hydrogens (tertiary/aromatic N) is 1. The number of aliphatic hydroxyl groups excluding tert-OH is 4. The SMILES string of the molecule is C=CC(C/C(=N/OS(=O)(=O)O)SC1OC(CO)C(O)C(O)C1O)OC(=O)CC1(O)C(=O)Nc2ccccc21. The number of hydrogen-bond donors (Lipinski definition) is 7. The van der Waals surface area contributed by atoms with Gasteiger partial charge >= 0.3 is 16.4 Å². The summed E-state index contributed by atoms with van der Waals surface area (Å²) in [5.74, 6) is -1.88. The van der Waals surface area contributed by atoms with E-state index in [0.717, 1.165) is 6.08 Å². The predicted molar refractivity (Wildman–Crippen MR) is 130 cm³/mol. The number of para-hydroxylation sites is 1. The van der Waals surface area contributed by atoms with Crippen molar-refractivity contribution in [1.82, 2.24) is 0 Å². The Morgan fingerprint density at radius 1 is 1.26 bits per heavy atom. The van der Waals surface area contributed by atoms with Crippen LogP contribution in [0.3, 0.4) is 0 Å². The number of esters is 1. The van der Waals surface area contributed by atoms with Gasteiger partial charge in [0.25, 0.3) is 5.91 Å². The molecule has 1 saturated heterocycles. The molecule has 0 radical (unpaired) electrons. The zero-order valence-electron chi connectivity index (χ0n) is 19.5.